The largest absolute Gasteiger partial charge is 0.367 e. The molecule has 9 heteroatoms. The molecule has 1 heterocycles. The maximum atomic E-state index is 12.4. The molecule has 0 saturated heterocycles. The first kappa shape index (κ1) is 14.6. The Morgan fingerprint density at radius 1 is 1.50 bits per heavy atom. The maximum absolute atomic E-state index is 12.4. The molecule has 0 bridgehead atoms. The average Bonchev–Trinajstić information content (AvgIpc) is 2.64. The fraction of sp³-hybridized carbons (Fsp3) is 0.667. The smallest absolute Gasteiger partial charge is 0.330 e. The number of carbonyl (C=O) groups is 1. The van der Waals surface area contributed by atoms with E-state index in [1.54, 1.807) is 0 Å². The first-order valence-electron chi connectivity index (χ1n) is 4.86. The van der Waals surface area contributed by atoms with Crippen molar-refractivity contribution in [1.29, 1.82) is 0 Å². The van der Waals surface area contributed by atoms with E-state index in [1.807, 2.05) is 0 Å². The van der Waals surface area contributed by atoms with E-state index in [0.29, 0.717) is 0 Å². The quantitative estimate of drug-likeness (QED) is 0.704. The first-order valence-corrected chi connectivity index (χ1v) is 4.86. The molecule has 0 fully saturated rings. The van der Waals surface area contributed by atoms with Crippen LogP contribution in [0.3, 0.4) is 0 Å². The highest BCUT2D eigenvalue weighted by atomic mass is 19.3. The van der Waals surface area contributed by atoms with Gasteiger partial charge in [0.2, 0.25) is 5.89 Å². The second-order valence-electron chi connectivity index (χ2n) is 3.54. The van der Waals surface area contributed by atoms with E-state index in [9.17, 15) is 22.4 Å². The zero-order chi connectivity index (χ0) is 13.8. The summed E-state index contributed by atoms with van der Waals surface area (Å²) in [6, 6.07) is 0. The number of nitrogens with zero attached hydrogens (tertiary/aromatic N) is 2. The minimum atomic E-state index is -4.22. The Balaban J connectivity index is 2.40. The van der Waals surface area contributed by atoms with Gasteiger partial charge in [0, 0.05) is 0 Å². The van der Waals surface area contributed by atoms with Gasteiger partial charge < -0.3 is 9.26 Å². The summed E-state index contributed by atoms with van der Waals surface area (Å²) in [6.07, 6.45) is -3.88. The van der Waals surface area contributed by atoms with Crippen molar-refractivity contribution in [3.05, 3.63) is 11.7 Å². The van der Waals surface area contributed by atoms with E-state index in [0.717, 1.165) is 0 Å². The Kier molecular flexibility index (Phi) is 4.76. The molecule has 0 atom stereocenters. The summed E-state index contributed by atoms with van der Waals surface area (Å²) in [5, 5.41) is 3.34. The van der Waals surface area contributed by atoms with Crippen LogP contribution in [0.4, 0.5) is 17.6 Å². The third-order valence-electron chi connectivity index (χ3n) is 1.76. The van der Waals surface area contributed by atoms with Crippen LogP contribution >= 0.6 is 0 Å². The molecule has 18 heavy (non-hydrogen) atoms. The summed E-state index contributed by atoms with van der Waals surface area (Å²) in [5.74, 6) is -4.50. The van der Waals surface area contributed by atoms with E-state index >= 15 is 0 Å². The molecule has 0 aliphatic heterocycles. The zero-order valence-electron chi connectivity index (χ0n) is 9.33. The van der Waals surface area contributed by atoms with E-state index < -0.39 is 25.6 Å². The molecule has 1 rings (SSSR count). The molecule has 1 aromatic heterocycles. The number of hydrogen-bond acceptors (Lipinski definition) is 5. The van der Waals surface area contributed by atoms with Gasteiger partial charge in [-0.3, -0.25) is 4.79 Å². The highest BCUT2D eigenvalue weighted by Crippen LogP contribution is 2.23. The first-order chi connectivity index (χ1) is 8.31. The van der Waals surface area contributed by atoms with Crippen LogP contribution in [-0.4, -0.2) is 34.9 Å². The summed E-state index contributed by atoms with van der Waals surface area (Å²) < 4.78 is 57.4. The number of rotatable bonds is 7. The highest BCUT2D eigenvalue weighted by Gasteiger charge is 2.41. The molecule has 102 valence electrons. The average molecular weight is 270 g/mol. The third-order valence-corrected chi connectivity index (χ3v) is 1.76. The van der Waals surface area contributed by atoms with Crippen LogP contribution in [0.2, 0.25) is 0 Å². The predicted octanol–water partition coefficient (Wildman–Crippen LogP) is 1.62. The van der Waals surface area contributed by atoms with Crippen LogP contribution < -0.4 is 0 Å². The van der Waals surface area contributed by atoms with Crippen molar-refractivity contribution in [1.82, 2.24) is 10.1 Å². The van der Waals surface area contributed by atoms with Gasteiger partial charge in [-0.25, -0.2) is 8.78 Å². The molecule has 0 N–H and O–H groups in total. The molecule has 0 amide bonds. The molecule has 0 radical (unpaired) electrons. The van der Waals surface area contributed by atoms with Crippen molar-refractivity contribution < 1.29 is 31.6 Å². The van der Waals surface area contributed by atoms with Gasteiger partial charge in [-0.2, -0.15) is 13.8 Å². The van der Waals surface area contributed by atoms with Crippen LogP contribution in [0.1, 0.15) is 18.6 Å². The standard InChI is InChI=1S/C9H10F4N2O3/c1-5(16)2-7-14-6(15-18-7)3-17-4-9(12,13)8(10)11/h8H,2-4H2,1H3. The maximum Gasteiger partial charge on any atom is 0.330 e. The zero-order valence-corrected chi connectivity index (χ0v) is 9.33. The summed E-state index contributed by atoms with van der Waals surface area (Å²) in [5.41, 5.74) is 0. The fourth-order valence-electron chi connectivity index (χ4n) is 0.975. The summed E-state index contributed by atoms with van der Waals surface area (Å²) in [4.78, 5) is 14.4. The number of aromatic nitrogens is 2. The normalized spacial score (nSPS) is 12.1. The summed E-state index contributed by atoms with van der Waals surface area (Å²) >= 11 is 0. The lowest BCUT2D eigenvalue weighted by molar-refractivity contribution is -0.168. The Hall–Kier alpha value is -1.51. The van der Waals surface area contributed by atoms with E-state index in [-0.39, 0.29) is 23.9 Å². The van der Waals surface area contributed by atoms with Crippen LogP contribution in [-0.2, 0) is 22.6 Å². The number of carbonyl (C=O) groups excluding carboxylic acids is 1. The predicted molar refractivity (Wildman–Crippen MR) is 49.3 cm³/mol. The van der Waals surface area contributed by atoms with Gasteiger partial charge in [0.1, 0.15) is 19.0 Å². The molecule has 0 aliphatic rings. The number of hydrogen-bond donors (Lipinski definition) is 0. The Morgan fingerprint density at radius 3 is 2.72 bits per heavy atom. The molecule has 0 aliphatic carbocycles. The van der Waals surface area contributed by atoms with Gasteiger partial charge >= 0.3 is 12.3 Å². The van der Waals surface area contributed by atoms with Crippen molar-refractivity contribution in [3.63, 3.8) is 0 Å². The van der Waals surface area contributed by atoms with E-state index in [1.165, 1.54) is 6.92 Å². The van der Waals surface area contributed by atoms with Crippen LogP contribution in [0.25, 0.3) is 0 Å². The number of halogens is 4. The van der Waals surface area contributed by atoms with Crippen molar-refractivity contribution >= 4 is 5.78 Å². The van der Waals surface area contributed by atoms with Crippen molar-refractivity contribution in [3.8, 4) is 0 Å². The SMILES string of the molecule is CC(=O)Cc1nc(COCC(F)(F)C(F)F)no1. The van der Waals surface area contributed by atoms with Gasteiger partial charge in [0.25, 0.3) is 0 Å². The second-order valence-corrected chi connectivity index (χ2v) is 3.54. The van der Waals surface area contributed by atoms with Crippen molar-refractivity contribution in [2.45, 2.75) is 32.3 Å². The van der Waals surface area contributed by atoms with Crippen molar-refractivity contribution in [2.75, 3.05) is 6.61 Å². The Bertz CT molecular complexity index is 408. The van der Waals surface area contributed by atoms with Gasteiger partial charge in [0.15, 0.2) is 5.82 Å². The topological polar surface area (TPSA) is 65.2 Å². The third kappa shape index (κ3) is 4.40. The lowest BCUT2D eigenvalue weighted by Gasteiger charge is -2.14. The Labute approximate surface area is 99.1 Å². The minimum absolute atomic E-state index is 0.0155. The lowest BCUT2D eigenvalue weighted by Crippen LogP contribution is -2.32. The highest BCUT2D eigenvalue weighted by molar-refractivity contribution is 5.77. The monoisotopic (exact) mass is 270 g/mol. The van der Waals surface area contributed by atoms with Crippen molar-refractivity contribution in [2.24, 2.45) is 0 Å². The van der Waals surface area contributed by atoms with E-state index in [4.69, 9.17) is 0 Å². The van der Waals surface area contributed by atoms with E-state index in [2.05, 4.69) is 19.4 Å². The summed E-state index contributed by atoms with van der Waals surface area (Å²) in [7, 11) is 0. The molecular formula is C9H10F4N2O3. The van der Waals surface area contributed by atoms with Crippen LogP contribution in [0.5, 0.6) is 0 Å². The second kappa shape index (κ2) is 5.89. The molecule has 1 aromatic rings. The minimum Gasteiger partial charge on any atom is -0.367 e. The fourth-order valence-corrected chi connectivity index (χ4v) is 0.975. The van der Waals surface area contributed by atoms with Gasteiger partial charge in [-0.1, -0.05) is 5.16 Å². The summed E-state index contributed by atoms with van der Waals surface area (Å²) in [6.45, 7) is -0.630. The molecular weight excluding hydrogens is 260 g/mol. The number of Topliss-reactive ketones (excluding diaryl/α,β-unsaturated/α-hetero) is 1. The van der Waals surface area contributed by atoms with Gasteiger partial charge in [0.05, 0.1) is 6.42 Å². The van der Waals surface area contributed by atoms with Crippen LogP contribution in [0, 0.1) is 0 Å². The van der Waals surface area contributed by atoms with Gasteiger partial charge in [-0.05, 0) is 6.92 Å². The molecule has 0 aromatic carbocycles. The number of ether oxygens (including phenoxy) is 1. The number of ketones is 1. The molecule has 0 spiro atoms. The lowest BCUT2D eigenvalue weighted by atomic mass is 10.3. The van der Waals surface area contributed by atoms with Crippen LogP contribution in [0.15, 0.2) is 4.52 Å². The molecule has 0 unspecified atom stereocenters. The molecule has 5 nitrogen and oxygen atoms in total. The van der Waals surface area contributed by atoms with Gasteiger partial charge in [-0.15, -0.1) is 0 Å². The molecule has 0 saturated carbocycles. The Morgan fingerprint density at radius 2 is 2.17 bits per heavy atom. The number of alkyl halides is 4.